The third kappa shape index (κ3) is 3.73. The molecule has 1 saturated carbocycles. The van der Waals surface area contributed by atoms with Gasteiger partial charge in [-0.3, -0.25) is 14.6 Å². The zero-order chi connectivity index (χ0) is 13.3. The molecule has 1 fully saturated rings. The topological polar surface area (TPSA) is 66.7 Å². The van der Waals surface area contributed by atoms with Crippen molar-refractivity contribution in [1.29, 1.82) is 0 Å². The molecular formula is C13H21NO3. The molecule has 1 rings (SSSR count). The molecule has 0 saturated heterocycles. The first-order valence-corrected chi connectivity index (χ1v) is 5.88. The van der Waals surface area contributed by atoms with Gasteiger partial charge in [0.15, 0.2) is 0 Å². The van der Waals surface area contributed by atoms with E-state index in [0.717, 1.165) is 0 Å². The van der Waals surface area contributed by atoms with Crippen molar-refractivity contribution in [3.05, 3.63) is 0 Å². The minimum Gasteiger partial charge on any atom is -0.394 e. The van der Waals surface area contributed by atoms with Gasteiger partial charge < -0.3 is 5.11 Å². The van der Waals surface area contributed by atoms with Gasteiger partial charge in [-0.05, 0) is 19.3 Å². The van der Waals surface area contributed by atoms with Gasteiger partial charge in [0.1, 0.15) is 17.5 Å². The lowest BCUT2D eigenvalue weighted by Gasteiger charge is -2.30. The van der Waals surface area contributed by atoms with Gasteiger partial charge in [0.05, 0.1) is 12.1 Å². The molecule has 0 amide bonds. The maximum Gasteiger partial charge on any atom is 0.149 e. The Balaban J connectivity index is 2.80. The molecule has 0 atom stereocenters. The van der Waals surface area contributed by atoms with Crippen LogP contribution in [-0.2, 0) is 9.59 Å². The highest BCUT2D eigenvalue weighted by molar-refractivity contribution is 6.16. The first kappa shape index (κ1) is 14.0. The minimum atomic E-state index is -0.714. The summed E-state index contributed by atoms with van der Waals surface area (Å²) in [6.07, 6.45) is 2.24. The van der Waals surface area contributed by atoms with Crippen molar-refractivity contribution in [2.24, 2.45) is 16.3 Å². The van der Waals surface area contributed by atoms with Crippen LogP contribution in [0.1, 0.15) is 40.5 Å². The Morgan fingerprint density at radius 1 is 1.35 bits per heavy atom. The van der Waals surface area contributed by atoms with E-state index >= 15 is 0 Å². The quantitative estimate of drug-likeness (QED) is 0.598. The molecule has 4 nitrogen and oxygen atoms in total. The Morgan fingerprint density at radius 2 is 1.82 bits per heavy atom. The van der Waals surface area contributed by atoms with E-state index in [1.54, 1.807) is 13.8 Å². The van der Waals surface area contributed by atoms with Crippen molar-refractivity contribution < 1.29 is 14.7 Å². The fourth-order valence-corrected chi connectivity index (χ4v) is 1.89. The Labute approximate surface area is 102 Å². The number of hydrogen-bond acceptors (Lipinski definition) is 4. The summed E-state index contributed by atoms with van der Waals surface area (Å²) in [5.74, 6) is -0.846. The van der Waals surface area contributed by atoms with Crippen LogP contribution in [0.3, 0.4) is 0 Å². The average molecular weight is 239 g/mol. The standard InChI is InChI=1S/C13H21NO3/c1-12(2)5-10(16)9(11(17)6-12)7-14-13(3,4)8-15/h7,9,15H,5-6,8H2,1-4H3. The first-order valence-electron chi connectivity index (χ1n) is 5.88. The molecule has 0 bridgehead atoms. The molecule has 96 valence electrons. The number of rotatable bonds is 3. The van der Waals surface area contributed by atoms with Crippen LogP contribution in [0, 0.1) is 11.3 Å². The third-order valence-electron chi connectivity index (χ3n) is 2.96. The smallest absolute Gasteiger partial charge is 0.149 e. The summed E-state index contributed by atoms with van der Waals surface area (Å²) in [6.45, 7) is 7.25. The van der Waals surface area contributed by atoms with Crippen molar-refractivity contribution in [3.8, 4) is 0 Å². The molecule has 0 aromatic rings. The van der Waals surface area contributed by atoms with Gasteiger partial charge in [-0.25, -0.2) is 0 Å². The van der Waals surface area contributed by atoms with Crippen molar-refractivity contribution >= 4 is 17.8 Å². The molecule has 0 spiro atoms. The minimum absolute atomic E-state index is 0.0660. The predicted molar refractivity (Wildman–Crippen MR) is 66.2 cm³/mol. The zero-order valence-electron chi connectivity index (χ0n) is 11.0. The van der Waals surface area contributed by atoms with Crippen molar-refractivity contribution in [1.82, 2.24) is 0 Å². The molecule has 0 aromatic carbocycles. The van der Waals surface area contributed by atoms with Crippen LogP contribution in [0.5, 0.6) is 0 Å². The summed E-state index contributed by atoms with van der Waals surface area (Å²) in [7, 11) is 0. The summed E-state index contributed by atoms with van der Waals surface area (Å²) < 4.78 is 0. The van der Waals surface area contributed by atoms with Gasteiger partial charge in [0.2, 0.25) is 0 Å². The predicted octanol–water partition coefficient (Wildman–Crippen LogP) is 1.40. The SMILES string of the molecule is CC1(C)CC(=O)C(C=NC(C)(C)CO)C(=O)C1. The van der Waals surface area contributed by atoms with Crippen LogP contribution in [0.4, 0.5) is 0 Å². The molecule has 0 aliphatic heterocycles. The fraction of sp³-hybridized carbons (Fsp3) is 0.769. The van der Waals surface area contributed by atoms with E-state index in [4.69, 9.17) is 5.11 Å². The summed E-state index contributed by atoms with van der Waals surface area (Å²) in [5, 5.41) is 9.05. The number of aliphatic imine (C=N–C) groups is 1. The number of carbonyl (C=O) groups is 2. The van der Waals surface area contributed by atoms with Gasteiger partial charge in [0.25, 0.3) is 0 Å². The molecule has 4 heteroatoms. The van der Waals surface area contributed by atoms with E-state index in [-0.39, 0.29) is 23.6 Å². The van der Waals surface area contributed by atoms with E-state index in [2.05, 4.69) is 4.99 Å². The number of aliphatic hydroxyl groups is 1. The second-order valence-corrected chi connectivity index (χ2v) is 6.18. The molecule has 1 aliphatic carbocycles. The molecule has 0 radical (unpaired) electrons. The second kappa shape index (κ2) is 4.69. The Kier molecular flexibility index (Phi) is 3.87. The van der Waals surface area contributed by atoms with Crippen LogP contribution >= 0.6 is 0 Å². The Bertz CT molecular complexity index is 336. The maximum atomic E-state index is 11.9. The van der Waals surface area contributed by atoms with Gasteiger partial charge >= 0.3 is 0 Å². The lowest BCUT2D eigenvalue weighted by Crippen LogP contribution is -2.39. The van der Waals surface area contributed by atoms with Gasteiger partial charge in [0, 0.05) is 19.1 Å². The summed E-state index contributed by atoms with van der Waals surface area (Å²) in [4.78, 5) is 27.8. The largest absolute Gasteiger partial charge is 0.394 e. The molecule has 0 unspecified atom stereocenters. The van der Waals surface area contributed by atoms with E-state index in [9.17, 15) is 9.59 Å². The fourth-order valence-electron chi connectivity index (χ4n) is 1.89. The molecule has 1 N–H and O–H groups in total. The van der Waals surface area contributed by atoms with Crippen LogP contribution in [0.15, 0.2) is 4.99 Å². The number of carbonyl (C=O) groups excluding carboxylic acids is 2. The summed E-state index contributed by atoms with van der Waals surface area (Å²) in [6, 6.07) is 0. The van der Waals surface area contributed by atoms with Gasteiger partial charge in [-0.15, -0.1) is 0 Å². The number of ketones is 2. The monoisotopic (exact) mass is 239 g/mol. The van der Waals surface area contributed by atoms with E-state index in [1.165, 1.54) is 6.21 Å². The lowest BCUT2D eigenvalue weighted by atomic mass is 9.72. The maximum absolute atomic E-state index is 11.9. The lowest BCUT2D eigenvalue weighted by molar-refractivity contribution is -0.136. The first-order chi connectivity index (χ1) is 7.67. The third-order valence-corrected chi connectivity index (χ3v) is 2.96. The highest BCUT2D eigenvalue weighted by Crippen LogP contribution is 2.33. The van der Waals surface area contributed by atoms with E-state index in [1.807, 2.05) is 13.8 Å². The van der Waals surface area contributed by atoms with Crippen molar-refractivity contribution in [2.45, 2.75) is 46.1 Å². The number of aliphatic hydroxyl groups excluding tert-OH is 1. The van der Waals surface area contributed by atoms with Crippen LogP contribution in [0.2, 0.25) is 0 Å². The zero-order valence-corrected chi connectivity index (χ0v) is 11.0. The van der Waals surface area contributed by atoms with Gasteiger partial charge in [-0.2, -0.15) is 0 Å². The van der Waals surface area contributed by atoms with Crippen molar-refractivity contribution in [3.63, 3.8) is 0 Å². The summed E-state index contributed by atoms with van der Waals surface area (Å²) in [5.41, 5.74) is -0.863. The second-order valence-electron chi connectivity index (χ2n) is 6.18. The molecular weight excluding hydrogens is 218 g/mol. The van der Waals surface area contributed by atoms with Crippen molar-refractivity contribution in [2.75, 3.05) is 6.61 Å². The highest BCUT2D eigenvalue weighted by atomic mass is 16.3. The van der Waals surface area contributed by atoms with E-state index in [0.29, 0.717) is 12.8 Å². The number of Topliss-reactive ketones (excluding diaryl/α,β-unsaturated/α-hetero) is 2. The normalized spacial score (nSPS) is 22.4. The number of hydrogen-bond donors (Lipinski definition) is 1. The number of nitrogens with zero attached hydrogens (tertiary/aromatic N) is 1. The average Bonchev–Trinajstić information content (AvgIpc) is 2.14. The molecule has 1 aliphatic rings. The molecule has 0 heterocycles. The van der Waals surface area contributed by atoms with E-state index < -0.39 is 11.5 Å². The van der Waals surface area contributed by atoms with Crippen LogP contribution in [0.25, 0.3) is 0 Å². The Morgan fingerprint density at radius 3 is 2.24 bits per heavy atom. The highest BCUT2D eigenvalue weighted by Gasteiger charge is 2.38. The molecule has 17 heavy (non-hydrogen) atoms. The summed E-state index contributed by atoms with van der Waals surface area (Å²) >= 11 is 0. The van der Waals surface area contributed by atoms with Crippen LogP contribution < -0.4 is 0 Å². The Hall–Kier alpha value is -1.03. The van der Waals surface area contributed by atoms with Gasteiger partial charge in [-0.1, -0.05) is 13.8 Å². The van der Waals surface area contributed by atoms with Crippen LogP contribution in [-0.4, -0.2) is 35.0 Å². The molecule has 0 aromatic heterocycles.